The van der Waals surface area contributed by atoms with E-state index >= 15 is 0 Å². The van der Waals surface area contributed by atoms with Crippen LogP contribution in [-0.2, 0) is 14.4 Å². The van der Waals surface area contributed by atoms with E-state index in [9.17, 15) is 14.4 Å². The fraction of sp³-hybridized carbons (Fsp3) is 0.167. The van der Waals surface area contributed by atoms with Gasteiger partial charge in [-0.3, -0.25) is 14.4 Å². The molecule has 0 atom stereocenters. The molecule has 2 aromatic carbocycles. The summed E-state index contributed by atoms with van der Waals surface area (Å²) in [5.74, 6) is -0.691. The van der Waals surface area contributed by atoms with Crippen LogP contribution in [0.3, 0.4) is 0 Å². The van der Waals surface area contributed by atoms with Gasteiger partial charge in [0.15, 0.2) is 6.61 Å². The van der Waals surface area contributed by atoms with Gasteiger partial charge in [0.2, 0.25) is 11.8 Å². The largest absolute Gasteiger partial charge is 0.484 e. The van der Waals surface area contributed by atoms with Gasteiger partial charge < -0.3 is 20.7 Å². The van der Waals surface area contributed by atoms with Gasteiger partial charge in [-0.2, -0.15) is 0 Å². The van der Waals surface area contributed by atoms with Gasteiger partial charge >= 0.3 is 0 Å². The van der Waals surface area contributed by atoms with Crippen molar-refractivity contribution >= 4 is 39.3 Å². The average Bonchev–Trinajstić information content (AvgIpc) is 2.65. The first-order valence-corrected chi connectivity index (χ1v) is 8.59. The molecule has 0 unspecified atom stereocenters. The third-order valence-electron chi connectivity index (χ3n) is 3.13. The van der Waals surface area contributed by atoms with Crippen molar-refractivity contribution in [1.29, 1.82) is 0 Å². The van der Waals surface area contributed by atoms with Crippen molar-refractivity contribution in [2.45, 2.75) is 0 Å². The Labute approximate surface area is 159 Å². The molecule has 0 spiro atoms. The Kier molecular flexibility index (Phi) is 7.63. The smallest absolute Gasteiger partial charge is 0.258 e. The minimum atomic E-state index is -0.469. The number of nitrogens with one attached hydrogen (secondary N) is 3. The number of anilines is 1. The Morgan fingerprint density at radius 2 is 1.42 bits per heavy atom. The van der Waals surface area contributed by atoms with Crippen LogP contribution in [0.4, 0.5) is 5.69 Å². The molecule has 2 rings (SSSR count). The molecule has 0 radical (unpaired) electrons. The zero-order valence-corrected chi connectivity index (χ0v) is 15.4. The summed E-state index contributed by atoms with van der Waals surface area (Å²) in [5, 5.41) is 7.49. The molecule has 0 fully saturated rings. The van der Waals surface area contributed by atoms with Crippen LogP contribution >= 0.6 is 15.9 Å². The second-order valence-electron chi connectivity index (χ2n) is 5.21. The molecule has 7 nitrogen and oxygen atoms in total. The van der Waals surface area contributed by atoms with Crippen molar-refractivity contribution < 1.29 is 19.1 Å². The van der Waals surface area contributed by atoms with Crippen molar-refractivity contribution in [2.24, 2.45) is 0 Å². The first-order chi connectivity index (χ1) is 12.5. The van der Waals surface area contributed by atoms with Gasteiger partial charge in [0.25, 0.3) is 5.91 Å². The third-order valence-corrected chi connectivity index (χ3v) is 3.66. The van der Waals surface area contributed by atoms with Gasteiger partial charge in [0.05, 0.1) is 13.1 Å². The highest BCUT2D eigenvalue weighted by Gasteiger charge is 2.08. The number of rotatable bonds is 8. The topological polar surface area (TPSA) is 96.5 Å². The maximum absolute atomic E-state index is 11.8. The number of hydrogen-bond donors (Lipinski definition) is 3. The molecule has 3 N–H and O–H groups in total. The van der Waals surface area contributed by atoms with E-state index in [-0.39, 0.29) is 25.6 Å². The fourth-order valence-corrected chi connectivity index (χ4v) is 2.14. The first-order valence-electron chi connectivity index (χ1n) is 7.79. The van der Waals surface area contributed by atoms with E-state index < -0.39 is 11.8 Å². The lowest BCUT2D eigenvalue weighted by Gasteiger charge is -2.09. The molecule has 0 saturated heterocycles. The number of benzene rings is 2. The lowest BCUT2D eigenvalue weighted by molar-refractivity contribution is -0.127. The van der Waals surface area contributed by atoms with E-state index in [0.717, 1.165) is 4.47 Å². The van der Waals surface area contributed by atoms with E-state index in [2.05, 4.69) is 31.9 Å². The Balaban J connectivity index is 1.61. The third kappa shape index (κ3) is 7.35. The first kappa shape index (κ1) is 19.5. The molecule has 3 amide bonds. The molecule has 2 aromatic rings. The highest BCUT2D eigenvalue weighted by Crippen LogP contribution is 2.13. The molecule has 0 saturated carbocycles. The monoisotopic (exact) mass is 419 g/mol. The minimum Gasteiger partial charge on any atom is -0.484 e. The van der Waals surface area contributed by atoms with Crippen molar-refractivity contribution in [2.75, 3.05) is 25.0 Å². The van der Waals surface area contributed by atoms with E-state index in [1.807, 2.05) is 6.07 Å². The minimum absolute atomic E-state index is 0.189. The van der Waals surface area contributed by atoms with Crippen LogP contribution in [0, 0.1) is 0 Å². The number of hydrogen-bond acceptors (Lipinski definition) is 4. The normalized spacial score (nSPS) is 9.88. The zero-order chi connectivity index (χ0) is 18.8. The molecule has 0 aliphatic heterocycles. The number of carbonyl (C=O) groups is 3. The Hall–Kier alpha value is -2.87. The second kappa shape index (κ2) is 10.2. The summed E-state index contributed by atoms with van der Waals surface area (Å²) in [4.78, 5) is 35.1. The van der Waals surface area contributed by atoms with Crippen LogP contribution in [0.2, 0.25) is 0 Å². The quantitative estimate of drug-likeness (QED) is 0.606. The number of amides is 3. The highest BCUT2D eigenvalue weighted by molar-refractivity contribution is 9.10. The SMILES string of the molecule is O=C(CNC(=O)COc1ccccc1)NCC(=O)Nc1ccc(Br)cc1. The summed E-state index contributed by atoms with van der Waals surface area (Å²) >= 11 is 3.30. The van der Waals surface area contributed by atoms with Crippen LogP contribution in [-0.4, -0.2) is 37.4 Å². The average molecular weight is 420 g/mol. The predicted molar refractivity (Wildman–Crippen MR) is 101 cm³/mol. The van der Waals surface area contributed by atoms with Crippen LogP contribution < -0.4 is 20.7 Å². The summed E-state index contributed by atoms with van der Waals surface area (Å²) in [7, 11) is 0. The maximum Gasteiger partial charge on any atom is 0.258 e. The highest BCUT2D eigenvalue weighted by atomic mass is 79.9. The Morgan fingerprint density at radius 1 is 0.808 bits per heavy atom. The van der Waals surface area contributed by atoms with Crippen LogP contribution in [0.5, 0.6) is 5.75 Å². The molecule has 8 heteroatoms. The molecule has 136 valence electrons. The predicted octanol–water partition coefficient (Wildman–Crippen LogP) is 1.70. The van der Waals surface area contributed by atoms with Gasteiger partial charge in [-0.25, -0.2) is 0 Å². The molecular formula is C18H18BrN3O4. The Morgan fingerprint density at radius 3 is 2.12 bits per heavy atom. The number of halogens is 1. The maximum atomic E-state index is 11.8. The van der Waals surface area contributed by atoms with Crippen molar-refractivity contribution in [3.63, 3.8) is 0 Å². The summed E-state index contributed by atoms with van der Waals surface area (Å²) < 4.78 is 6.16. The molecule has 26 heavy (non-hydrogen) atoms. The lowest BCUT2D eigenvalue weighted by atomic mass is 10.3. The van der Waals surface area contributed by atoms with Gasteiger partial charge in [-0.15, -0.1) is 0 Å². The van der Waals surface area contributed by atoms with Crippen molar-refractivity contribution in [3.05, 3.63) is 59.1 Å². The van der Waals surface area contributed by atoms with Crippen LogP contribution in [0.25, 0.3) is 0 Å². The van der Waals surface area contributed by atoms with Crippen LogP contribution in [0.1, 0.15) is 0 Å². The van der Waals surface area contributed by atoms with E-state index in [0.29, 0.717) is 11.4 Å². The standard InChI is InChI=1S/C18H18BrN3O4/c19-13-6-8-14(9-7-13)22-17(24)11-20-16(23)10-21-18(25)12-26-15-4-2-1-3-5-15/h1-9H,10-12H2,(H,20,23)(H,21,25)(H,22,24). The lowest BCUT2D eigenvalue weighted by Crippen LogP contribution is -2.41. The molecule has 0 bridgehead atoms. The number of carbonyl (C=O) groups excluding carboxylic acids is 3. The van der Waals surface area contributed by atoms with Crippen molar-refractivity contribution in [3.8, 4) is 5.75 Å². The van der Waals surface area contributed by atoms with E-state index in [1.165, 1.54) is 0 Å². The molecule has 0 heterocycles. The summed E-state index contributed by atoms with van der Waals surface area (Å²) in [6, 6.07) is 15.9. The molecule has 0 aliphatic carbocycles. The van der Waals surface area contributed by atoms with Gasteiger partial charge in [-0.1, -0.05) is 34.1 Å². The van der Waals surface area contributed by atoms with Gasteiger partial charge in [-0.05, 0) is 36.4 Å². The molecule has 0 aliphatic rings. The van der Waals surface area contributed by atoms with E-state index in [1.54, 1.807) is 48.5 Å². The fourth-order valence-electron chi connectivity index (χ4n) is 1.88. The van der Waals surface area contributed by atoms with Crippen molar-refractivity contribution in [1.82, 2.24) is 10.6 Å². The number of ether oxygens (including phenoxy) is 1. The zero-order valence-electron chi connectivity index (χ0n) is 13.8. The summed E-state index contributed by atoms with van der Waals surface area (Å²) in [6.45, 7) is -0.616. The molecule has 0 aromatic heterocycles. The van der Waals surface area contributed by atoms with E-state index in [4.69, 9.17) is 4.74 Å². The summed E-state index contributed by atoms with van der Waals surface area (Å²) in [6.07, 6.45) is 0. The number of para-hydroxylation sites is 1. The van der Waals surface area contributed by atoms with Crippen LogP contribution in [0.15, 0.2) is 59.1 Å². The van der Waals surface area contributed by atoms with Gasteiger partial charge in [0.1, 0.15) is 5.75 Å². The molecular weight excluding hydrogens is 402 g/mol. The Bertz CT molecular complexity index is 751. The second-order valence-corrected chi connectivity index (χ2v) is 6.13. The summed E-state index contributed by atoms with van der Waals surface area (Å²) in [5.41, 5.74) is 0.624. The van der Waals surface area contributed by atoms with Gasteiger partial charge in [0, 0.05) is 10.2 Å².